The van der Waals surface area contributed by atoms with E-state index in [-0.39, 0.29) is 10.6 Å². The number of hydrogen-bond acceptors (Lipinski definition) is 3. The Labute approximate surface area is 104 Å². The largest absolute Gasteiger partial charge is 0.292 e. The third kappa shape index (κ3) is 1.67. The van der Waals surface area contributed by atoms with Gasteiger partial charge in [-0.3, -0.25) is 4.79 Å². The van der Waals surface area contributed by atoms with Crippen LogP contribution in [0.3, 0.4) is 0 Å². The summed E-state index contributed by atoms with van der Waals surface area (Å²) in [7, 11) is 0. The van der Waals surface area contributed by atoms with Gasteiger partial charge in [0.2, 0.25) is 0 Å². The van der Waals surface area contributed by atoms with E-state index in [0.29, 0.717) is 11.4 Å². The maximum atomic E-state index is 11.9. The summed E-state index contributed by atoms with van der Waals surface area (Å²) in [5, 5.41) is 0. The third-order valence-electron chi connectivity index (χ3n) is 2.34. The van der Waals surface area contributed by atoms with E-state index in [1.807, 2.05) is 13.8 Å². The number of pyridine rings is 1. The molecule has 15 heavy (non-hydrogen) atoms. The molecule has 0 aromatic carbocycles. The molecule has 5 heteroatoms. The van der Waals surface area contributed by atoms with Crippen molar-refractivity contribution in [2.75, 3.05) is 0 Å². The standard InChI is InChI=1S/C10H8Br2N2O/c1-4-7-9(15)6(11)3-13-10(7)14-5(2)8(4)12/h3,6H,1-2H3. The van der Waals surface area contributed by atoms with Crippen molar-refractivity contribution >= 4 is 49.7 Å². The molecule has 2 heterocycles. The summed E-state index contributed by atoms with van der Waals surface area (Å²) in [6.07, 6.45) is 1.57. The third-order valence-corrected chi connectivity index (χ3v) is 4.16. The Morgan fingerprint density at radius 3 is 2.73 bits per heavy atom. The van der Waals surface area contributed by atoms with Crippen molar-refractivity contribution < 1.29 is 4.79 Å². The number of nitrogens with zero attached hydrogens (tertiary/aromatic N) is 2. The van der Waals surface area contributed by atoms with Crippen LogP contribution in [-0.4, -0.2) is 21.8 Å². The Bertz CT molecular complexity index is 483. The van der Waals surface area contributed by atoms with E-state index in [0.717, 1.165) is 15.7 Å². The van der Waals surface area contributed by atoms with Crippen LogP contribution in [0.4, 0.5) is 5.82 Å². The monoisotopic (exact) mass is 330 g/mol. The number of aryl methyl sites for hydroxylation is 1. The molecular formula is C10H8Br2N2O. The van der Waals surface area contributed by atoms with Gasteiger partial charge in [-0.15, -0.1) is 0 Å². The Balaban J connectivity index is 2.75. The van der Waals surface area contributed by atoms with Gasteiger partial charge in [-0.05, 0) is 35.3 Å². The molecule has 0 amide bonds. The SMILES string of the molecule is Cc1nc2c(c(C)c1Br)C(=O)C(Br)C=N2. The van der Waals surface area contributed by atoms with Gasteiger partial charge in [-0.25, -0.2) is 9.98 Å². The van der Waals surface area contributed by atoms with Crippen LogP contribution < -0.4 is 0 Å². The molecule has 0 N–H and O–H groups in total. The molecular weight excluding hydrogens is 324 g/mol. The predicted octanol–water partition coefficient (Wildman–Crippen LogP) is 3.12. The summed E-state index contributed by atoms with van der Waals surface area (Å²) in [6, 6.07) is 0. The number of hydrogen-bond donors (Lipinski definition) is 0. The first-order valence-corrected chi connectivity index (χ1v) is 6.12. The van der Waals surface area contributed by atoms with Crippen LogP contribution in [0.2, 0.25) is 0 Å². The van der Waals surface area contributed by atoms with Crippen LogP contribution >= 0.6 is 31.9 Å². The number of Topliss-reactive ketones (excluding diaryl/α,β-unsaturated/α-hetero) is 1. The van der Waals surface area contributed by atoms with Crippen LogP contribution in [0, 0.1) is 13.8 Å². The highest BCUT2D eigenvalue weighted by molar-refractivity contribution is 9.10. The van der Waals surface area contributed by atoms with E-state index >= 15 is 0 Å². The first-order valence-electron chi connectivity index (χ1n) is 4.41. The molecule has 0 radical (unpaired) electrons. The number of carbonyl (C=O) groups excluding carboxylic acids is 1. The average molecular weight is 332 g/mol. The van der Waals surface area contributed by atoms with Crippen molar-refractivity contribution in [3.05, 3.63) is 21.3 Å². The molecule has 1 aromatic heterocycles. The van der Waals surface area contributed by atoms with Gasteiger partial charge >= 0.3 is 0 Å². The Morgan fingerprint density at radius 1 is 1.40 bits per heavy atom. The minimum atomic E-state index is -0.333. The number of fused-ring (bicyclic) bond motifs is 1. The number of carbonyl (C=O) groups is 1. The fraction of sp³-hybridized carbons (Fsp3) is 0.300. The van der Waals surface area contributed by atoms with Gasteiger partial charge < -0.3 is 0 Å². The highest BCUT2D eigenvalue weighted by atomic mass is 79.9. The molecule has 1 unspecified atom stereocenters. The highest BCUT2D eigenvalue weighted by Crippen LogP contribution is 2.32. The van der Waals surface area contributed by atoms with Gasteiger partial charge in [-0.2, -0.15) is 0 Å². The number of aromatic nitrogens is 1. The van der Waals surface area contributed by atoms with Crippen LogP contribution in [0.1, 0.15) is 21.6 Å². The van der Waals surface area contributed by atoms with E-state index in [1.165, 1.54) is 0 Å². The molecule has 0 saturated heterocycles. The van der Waals surface area contributed by atoms with Crippen LogP contribution in [0.15, 0.2) is 9.47 Å². The Morgan fingerprint density at radius 2 is 2.07 bits per heavy atom. The van der Waals surface area contributed by atoms with E-state index in [9.17, 15) is 4.79 Å². The van der Waals surface area contributed by atoms with E-state index in [2.05, 4.69) is 41.8 Å². The number of halogens is 2. The summed E-state index contributed by atoms with van der Waals surface area (Å²) in [5.41, 5.74) is 2.37. The minimum absolute atomic E-state index is 0.0192. The molecule has 0 aliphatic carbocycles. The van der Waals surface area contributed by atoms with Gasteiger partial charge in [0.1, 0.15) is 4.83 Å². The predicted molar refractivity (Wildman–Crippen MR) is 66.6 cm³/mol. The summed E-state index contributed by atoms with van der Waals surface area (Å²) in [6.45, 7) is 3.79. The van der Waals surface area contributed by atoms with Gasteiger partial charge in [0.05, 0.1) is 11.3 Å². The zero-order chi connectivity index (χ0) is 11.2. The molecule has 0 spiro atoms. The van der Waals surface area contributed by atoms with Crippen LogP contribution in [0.25, 0.3) is 0 Å². The number of aliphatic imine (C=N–C) groups is 1. The van der Waals surface area contributed by atoms with Crippen molar-refractivity contribution in [1.82, 2.24) is 4.98 Å². The quantitative estimate of drug-likeness (QED) is 0.685. The Kier molecular flexibility index (Phi) is 2.77. The summed E-state index contributed by atoms with van der Waals surface area (Å²) >= 11 is 6.68. The lowest BCUT2D eigenvalue weighted by atomic mass is 10.0. The fourth-order valence-corrected chi connectivity index (χ4v) is 2.18. The number of rotatable bonds is 0. The van der Waals surface area contributed by atoms with Gasteiger partial charge in [0.15, 0.2) is 11.6 Å². The first kappa shape index (κ1) is 11.0. The lowest BCUT2D eigenvalue weighted by Crippen LogP contribution is -2.21. The molecule has 1 aliphatic rings. The number of ketones is 1. The van der Waals surface area contributed by atoms with Crippen molar-refractivity contribution in [3.63, 3.8) is 0 Å². The van der Waals surface area contributed by atoms with Crippen LogP contribution in [0.5, 0.6) is 0 Å². The first-order chi connectivity index (χ1) is 7.02. The van der Waals surface area contributed by atoms with Crippen LogP contribution in [-0.2, 0) is 0 Å². The second-order valence-electron chi connectivity index (χ2n) is 3.38. The van der Waals surface area contributed by atoms with Crippen molar-refractivity contribution in [3.8, 4) is 0 Å². The fourth-order valence-electron chi connectivity index (χ4n) is 1.54. The summed E-state index contributed by atoms with van der Waals surface area (Å²) < 4.78 is 0.881. The molecule has 2 rings (SSSR count). The molecule has 1 aromatic rings. The molecule has 0 saturated carbocycles. The lowest BCUT2D eigenvalue weighted by Gasteiger charge is -2.16. The lowest BCUT2D eigenvalue weighted by molar-refractivity contribution is 0.101. The van der Waals surface area contributed by atoms with Gasteiger partial charge in [0, 0.05) is 10.7 Å². The average Bonchev–Trinajstić information content (AvgIpc) is 2.20. The molecule has 78 valence electrons. The topological polar surface area (TPSA) is 42.3 Å². The second-order valence-corrected chi connectivity index (χ2v) is 5.16. The zero-order valence-corrected chi connectivity index (χ0v) is 11.4. The smallest absolute Gasteiger partial charge is 0.185 e. The Hall–Kier alpha value is -0.550. The number of alkyl halides is 1. The molecule has 0 fully saturated rings. The highest BCUT2D eigenvalue weighted by Gasteiger charge is 2.27. The normalized spacial score (nSPS) is 19.2. The molecule has 1 atom stereocenters. The molecule has 1 aliphatic heterocycles. The van der Waals surface area contributed by atoms with Crippen molar-refractivity contribution in [1.29, 1.82) is 0 Å². The van der Waals surface area contributed by atoms with Gasteiger partial charge in [0.25, 0.3) is 0 Å². The molecule has 0 bridgehead atoms. The second kappa shape index (κ2) is 3.79. The van der Waals surface area contributed by atoms with Crippen molar-refractivity contribution in [2.24, 2.45) is 4.99 Å². The van der Waals surface area contributed by atoms with E-state index in [4.69, 9.17) is 0 Å². The maximum absolute atomic E-state index is 11.9. The molecule has 3 nitrogen and oxygen atoms in total. The van der Waals surface area contributed by atoms with Gasteiger partial charge in [-0.1, -0.05) is 15.9 Å². The maximum Gasteiger partial charge on any atom is 0.185 e. The zero-order valence-electron chi connectivity index (χ0n) is 8.21. The summed E-state index contributed by atoms with van der Waals surface area (Å²) in [5.74, 6) is 0.541. The summed E-state index contributed by atoms with van der Waals surface area (Å²) in [4.78, 5) is 20.0. The minimum Gasteiger partial charge on any atom is -0.292 e. The van der Waals surface area contributed by atoms with E-state index < -0.39 is 0 Å². The van der Waals surface area contributed by atoms with Crippen molar-refractivity contribution in [2.45, 2.75) is 18.7 Å². The van der Waals surface area contributed by atoms with E-state index in [1.54, 1.807) is 6.21 Å².